The van der Waals surface area contributed by atoms with Crippen molar-refractivity contribution < 1.29 is 14.7 Å². The van der Waals surface area contributed by atoms with E-state index in [1.54, 1.807) is 6.20 Å². The molecule has 0 saturated carbocycles. The number of amides is 1. The predicted molar refractivity (Wildman–Crippen MR) is 147 cm³/mol. The summed E-state index contributed by atoms with van der Waals surface area (Å²) in [6.07, 6.45) is 4.95. The molecule has 1 atom stereocenters. The number of benzene rings is 2. The standard InChI is InChI=1S/C30H36N4O3/c1-3-24-8-6-7-21(2)28(24)29(35)33-26(30(36)37)19-22-10-12-25(13-11-22)34-17-14-23(15-18-34)20-32-27-9-4-5-16-31-27/h4-13,16,23,26H,3,14-15,17-20H2,1-2H3,(H,31,32)(H,33,35)(H,36,37). The highest BCUT2D eigenvalue weighted by Crippen LogP contribution is 2.24. The molecule has 37 heavy (non-hydrogen) atoms. The van der Waals surface area contributed by atoms with Gasteiger partial charge in [-0.15, -0.1) is 0 Å². The fourth-order valence-corrected chi connectivity index (χ4v) is 4.97. The fraction of sp³-hybridized carbons (Fsp3) is 0.367. The van der Waals surface area contributed by atoms with Crippen molar-refractivity contribution in [1.29, 1.82) is 0 Å². The monoisotopic (exact) mass is 500 g/mol. The molecule has 3 aromatic rings. The summed E-state index contributed by atoms with van der Waals surface area (Å²) in [6.45, 7) is 6.76. The number of carbonyl (C=O) groups excluding carboxylic acids is 1. The molecule has 0 aliphatic carbocycles. The lowest BCUT2D eigenvalue weighted by Crippen LogP contribution is -2.42. The van der Waals surface area contributed by atoms with Crippen LogP contribution in [0.5, 0.6) is 0 Å². The average Bonchev–Trinajstić information content (AvgIpc) is 2.92. The van der Waals surface area contributed by atoms with Gasteiger partial charge in [-0.1, -0.05) is 43.3 Å². The van der Waals surface area contributed by atoms with Gasteiger partial charge in [0.25, 0.3) is 5.91 Å². The van der Waals surface area contributed by atoms with Crippen molar-refractivity contribution in [2.24, 2.45) is 5.92 Å². The van der Waals surface area contributed by atoms with Gasteiger partial charge in [0.1, 0.15) is 11.9 Å². The van der Waals surface area contributed by atoms with Crippen LogP contribution in [0.3, 0.4) is 0 Å². The number of aromatic nitrogens is 1. The van der Waals surface area contributed by atoms with Gasteiger partial charge in [0, 0.05) is 43.5 Å². The number of piperidine rings is 1. The first-order valence-corrected chi connectivity index (χ1v) is 13.1. The lowest BCUT2D eigenvalue weighted by molar-refractivity contribution is -0.139. The van der Waals surface area contributed by atoms with Gasteiger partial charge in [0.05, 0.1) is 0 Å². The summed E-state index contributed by atoms with van der Waals surface area (Å²) < 4.78 is 0. The van der Waals surface area contributed by atoms with E-state index in [1.165, 1.54) is 0 Å². The number of carboxylic acid groups (broad SMARTS) is 1. The zero-order chi connectivity index (χ0) is 26.2. The van der Waals surface area contributed by atoms with Crippen molar-refractivity contribution in [3.63, 3.8) is 0 Å². The minimum absolute atomic E-state index is 0.232. The minimum Gasteiger partial charge on any atom is -0.480 e. The molecule has 1 unspecified atom stereocenters. The molecule has 1 aromatic heterocycles. The van der Waals surface area contributed by atoms with Gasteiger partial charge in [-0.2, -0.15) is 0 Å². The largest absolute Gasteiger partial charge is 0.480 e. The molecule has 4 rings (SSSR count). The Morgan fingerprint density at radius 1 is 1.05 bits per heavy atom. The maximum atomic E-state index is 13.0. The van der Waals surface area contributed by atoms with Gasteiger partial charge in [-0.05, 0) is 73.1 Å². The molecular formula is C30H36N4O3. The van der Waals surface area contributed by atoms with Crippen LogP contribution in [0.15, 0.2) is 66.9 Å². The topological polar surface area (TPSA) is 94.6 Å². The molecule has 2 heterocycles. The first kappa shape index (κ1) is 26.2. The Bertz CT molecular complexity index is 1190. The van der Waals surface area contributed by atoms with Crippen molar-refractivity contribution in [3.8, 4) is 0 Å². The molecule has 0 bridgehead atoms. The van der Waals surface area contributed by atoms with Crippen LogP contribution in [-0.2, 0) is 17.6 Å². The highest BCUT2D eigenvalue weighted by atomic mass is 16.4. The number of anilines is 2. The number of nitrogens with zero attached hydrogens (tertiary/aromatic N) is 2. The number of hydrogen-bond acceptors (Lipinski definition) is 5. The molecule has 1 saturated heterocycles. The second kappa shape index (κ2) is 12.4. The Morgan fingerprint density at radius 2 is 1.81 bits per heavy atom. The number of aryl methyl sites for hydroxylation is 2. The van der Waals surface area contributed by atoms with Crippen LogP contribution in [0.2, 0.25) is 0 Å². The minimum atomic E-state index is -1.04. The first-order chi connectivity index (χ1) is 17.9. The number of aliphatic carboxylic acids is 1. The van der Waals surface area contributed by atoms with Crippen molar-refractivity contribution >= 4 is 23.4 Å². The number of nitrogens with one attached hydrogen (secondary N) is 2. The van der Waals surface area contributed by atoms with E-state index in [1.807, 2.05) is 62.4 Å². The van der Waals surface area contributed by atoms with Crippen molar-refractivity contribution in [2.45, 2.75) is 45.6 Å². The highest BCUT2D eigenvalue weighted by Gasteiger charge is 2.24. The lowest BCUT2D eigenvalue weighted by Gasteiger charge is -2.34. The third-order valence-corrected chi connectivity index (χ3v) is 7.16. The molecule has 7 nitrogen and oxygen atoms in total. The Balaban J connectivity index is 1.31. The summed E-state index contributed by atoms with van der Waals surface area (Å²) in [5, 5.41) is 16.0. The normalized spacial score (nSPS) is 14.7. The molecule has 0 radical (unpaired) electrons. The number of pyridine rings is 1. The second-order valence-electron chi connectivity index (χ2n) is 9.72. The molecule has 1 aliphatic rings. The number of carboxylic acids is 1. The van der Waals surface area contributed by atoms with E-state index in [4.69, 9.17) is 0 Å². The van der Waals surface area contributed by atoms with Crippen LogP contribution in [-0.4, -0.2) is 47.6 Å². The number of carbonyl (C=O) groups is 2. The predicted octanol–water partition coefficient (Wildman–Crippen LogP) is 4.71. The summed E-state index contributed by atoms with van der Waals surface area (Å²) >= 11 is 0. The molecule has 1 aliphatic heterocycles. The summed E-state index contributed by atoms with van der Waals surface area (Å²) in [6, 6.07) is 18.7. The molecular weight excluding hydrogens is 464 g/mol. The molecule has 194 valence electrons. The Labute approximate surface area is 218 Å². The second-order valence-corrected chi connectivity index (χ2v) is 9.72. The third-order valence-electron chi connectivity index (χ3n) is 7.16. The maximum Gasteiger partial charge on any atom is 0.326 e. The molecule has 3 N–H and O–H groups in total. The lowest BCUT2D eigenvalue weighted by atomic mass is 9.96. The molecule has 2 aromatic carbocycles. The molecule has 0 spiro atoms. The summed E-state index contributed by atoms with van der Waals surface area (Å²) in [4.78, 5) is 31.6. The van der Waals surface area contributed by atoms with Crippen LogP contribution in [0.4, 0.5) is 11.5 Å². The van der Waals surface area contributed by atoms with Crippen LogP contribution in [0, 0.1) is 12.8 Å². The van der Waals surface area contributed by atoms with E-state index in [0.29, 0.717) is 17.9 Å². The van der Waals surface area contributed by atoms with Crippen LogP contribution in [0.25, 0.3) is 0 Å². The van der Waals surface area contributed by atoms with Gasteiger partial charge in [-0.25, -0.2) is 9.78 Å². The maximum absolute atomic E-state index is 13.0. The first-order valence-electron chi connectivity index (χ1n) is 13.1. The van der Waals surface area contributed by atoms with Crippen LogP contribution < -0.4 is 15.5 Å². The van der Waals surface area contributed by atoms with Gasteiger partial charge in [-0.3, -0.25) is 4.79 Å². The van der Waals surface area contributed by atoms with Gasteiger partial charge in [0.2, 0.25) is 0 Å². The Kier molecular flexibility index (Phi) is 8.77. The zero-order valence-electron chi connectivity index (χ0n) is 21.6. The summed E-state index contributed by atoms with van der Waals surface area (Å²) in [7, 11) is 0. The Morgan fingerprint density at radius 3 is 2.46 bits per heavy atom. The van der Waals surface area contributed by atoms with Crippen molar-refractivity contribution in [1.82, 2.24) is 10.3 Å². The average molecular weight is 501 g/mol. The van der Waals surface area contributed by atoms with Gasteiger partial charge >= 0.3 is 5.97 Å². The fourth-order valence-electron chi connectivity index (χ4n) is 4.97. The van der Waals surface area contributed by atoms with E-state index >= 15 is 0 Å². The molecule has 7 heteroatoms. The summed E-state index contributed by atoms with van der Waals surface area (Å²) in [5.74, 6) is 0.157. The SMILES string of the molecule is CCc1cccc(C)c1C(=O)NC(Cc1ccc(N2CCC(CNc3ccccn3)CC2)cc1)C(=O)O. The van der Waals surface area contributed by atoms with Crippen molar-refractivity contribution in [2.75, 3.05) is 29.9 Å². The highest BCUT2D eigenvalue weighted by molar-refractivity contribution is 5.99. The van der Waals surface area contributed by atoms with E-state index in [0.717, 1.165) is 60.7 Å². The Hall–Kier alpha value is -3.87. The van der Waals surface area contributed by atoms with E-state index in [9.17, 15) is 14.7 Å². The molecule has 1 fully saturated rings. The number of rotatable bonds is 10. The van der Waals surface area contributed by atoms with Crippen LogP contribution in [0.1, 0.15) is 46.8 Å². The van der Waals surface area contributed by atoms with E-state index in [2.05, 4.69) is 32.7 Å². The quantitative estimate of drug-likeness (QED) is 0.373. The molecule has 1 amide bonds. The number of hydrogen-bond donors (Lipinski definition) is 3. The summed E-state index contributed by atoms with van der Waals surface area (Å²) in [5.41, 5.74) is 4.36. The zero-order valence-corrected chi connectivity index (χ0v) is 21.6. The van der Waals surface area contributed by atoms with Gasteiger partial charge < -0.3 is 20.6 Å². The van der Waals surface area contributed by atoms with Gasteiger partial charge in [0.15, 0.2) is 0 Å². The smallest absolute Gasteiger partial charge is 0.326 e. The third kappa shape index (κ3) is 6.88. The van der Waals surface area contributed by atoms with Crippen LogP contribution >= 0.6 is 0 Å². The van der Waals surface area contributed by atoms with Crippen molar-refractivity contribution in [3.05, 3.63) is 89.1 Å². The van der Waals surface area contributed by atoms with E-state index in [-0.39, 0.29) is 12.3 Å². The van der Waals surface area contributed by atoms with E-state index < -0.39 is 12.0 Å².